The summed E-state index contributed by atoms with van der Waals surface area (Å²) in [6.45, 7) is 8.93. The van der Waals surface area contributed by atoms with E-state index in [9.17, 15) is 27.6 Å². The summed E-state index contributed by atoms with van der Waals surface area (Å²) >= 11 is 0. The second-order valence-corrected chi connectivity index (χ2v) is 10.8. The molecule has 1 aliphatic rings. The molecule has 0 radical (unpaired) electrons. The third kappa shape index (κ3) is 7.22. The molecule has 2 aromatic carbocycles. The Kier molecular flexibility index (Phi) is 9.32. The number of ether oxygens (including phenoxy) is 2. The van der Waals surface area contributed by atoms with E-state index < -0.39 is 41.4 Å². The second-order valence-electron chi connectivity index (χ2n) is 10.8. The molecule has 1 aliphatic heterocycles. The van der Waals surface area contributed by atoms with E-state index in [1.165, 1.54) is 35.1 Å². The van der Waals surface area contributed by atoms with Gasteiger partial charge in [-0.3, -0.25) is 4.79 Å². The van der Waals surface area contributed by atoms with Crippen LogP contribution in [-0.4, -0.2) is 66.2 Å². The molecule has 0 aromatic heterocycles. The maximum Gasteiger partial charge on any atom is 0.417 e. The zero-order chi connectivity index (χ0) is 29.8. The van der Waals surface area contributed by atoms with Crippen LogP contribution in [0.15, 0.2) is 48.5 Å². The van der Waals surface area contributed by atoms with Crippen molar-refractivity contribution in [3.05, 3.63) is 65.2 Å². The number of nitrogens with zero attached hydrogens (tertiary/aromatic N) is 2. The summed E-state index contributed by atoms with van der Waals surface area (Å²) < 4.78 is 52.6. The van der Waals surface area contributed by atoms with E-state index in [0.29, 0.717) is 5.56 Å². The molecule has 40 heavy (non-hydrogen) atoms. The first-order valence-electron chi connectivity index (χ1n) is 13.0. The van der Waals surface area contributed by atoms with Crippen LogP contribution in [0, 0.1) is 0 Å². The standard InChI is InChI=1S/C30H35F3N2O5/c1-19(2)21-11-7-8-12-22(21)26-20(10-9-13-23(26)30(31,32)33)14-15-25(36)35-17-16-34(18-24(35)27(37)39-6)28(38)40-29(3,4)5/h7-15,19,24H,16-18H2,1-6H3/b15-14+. The van der Waals surface area contributed by atoms with Gasteiger partial charge >= 0.3 is 18.2 Å². The smallest absolute Gasteiger partial charge is 0.417 e. The van der Waals surface area contributed by atoms with Gasteiger partial charge in [-0.1, -0.05) is 50.2 Å². The van der Waals surface area contributed by atoms with Gasteiger partial charge in [0.15, 0.2) is 0 Å². The molecule has 2 aromatic rings. The Bertz CT molecular complexity index is 1280. The Balaban J connectivity index is 1.97. The monoisotopic (exact) mass is 560 g/mol. The largest absolute Gasteiger partial charge is 0.467 e. The van der Waals surface area contributed by atoms with Crippen LogP contribution in [0.5, 0.6) is 0 Å². The highest BCUT2D eigenvalue weighted by Crippen LogP contribution is 2.42. The summed E-state index contributed by atoms with van der Waals surface area (Å²) in [5.74, 6) is -1.36. The molecule has 3 rings (SSSR count). The number of hydrogen-bond donors (Lipinski definition) is 0. The summed E-state index contributed by atoms with van der Waals surface area (Å²) in [6.07, 6.45) is -2.77. The fourth-order valence-corrected chi connectivity index (χ4v) is 4.61. The first-order valence-corrected chi connectivity index (χ1v) is 13.0. The second kappa shape index (κ2) is 12.1. The molecule has 10 heteroatoms. The number of amides is 2. The third-order valence-electron chi connectivity index (χ3n) is 6.45. The van der Waals surface area contributed by atoms with Crippen LogP contribution >= 0.6 is 0 Å². The number of benzene rings is 2. The number of halogens is 3. The molecule has 216 valence electrons. The highest BCUT2D eigenvalue weighted by atomic mass is 19.4. The SMILES string of the molecule is COC(=O)C1CN(C(=O)OC(C)(C)C)CCN1C(=O)/C=C/c1cccc(C(F)(F)F)c1-c1ccccc1C(C)C. The molecule has 1 unspecified atom stereocenters. The van der Waals surface area contributed by atoms with E-state index in [4.69, 9.17) is 9.47 Å². The quantitative estimate of drug-likeness (QED) is 0.325. The van der Waals surface area contributed by atoms with Gasteiger partial charge < -0.3 is 19.3 Å². The number of rotatable bonds is 5. The summed E-state index contributed by atoms with van der Waals surface area (Å²) in [5, 5.41) is 0. The van der Waals surface area contributed by atoms with Crippen LogP contribution in [-0.2, 0) is 25.2 Å². The van der Waals surface area contributed by atoms with Crippen molar-refractivity contribution in [2.24, 2.45) is 0 Å². The number of esters is 1. The molecule has 1 heterocycles. The van der Waals surface area contributed by atoms with Crippen molar-refractivity contribution in [2.75, 3.05) is 26.7 Å². The predicted octanol–water partition coefficient (Wildman–Crippen LogP) is 6.13. The lowest BCUT2D eigenvalue weighted by molar-refractivity contribution is -0.154. The van der Waals surface area contributed by atoms with Crippen molar-refractivity contribution in [2.45, 2.75) is 58.4 Å². The van der Waals surface area contributed by atoms with Gasteiger partial charge in [-0.2, -0.15) is 13.2 Å². The fourth-order valence-electron chi connectivity index (χ4n) is 4.61. The van der Waals surface area contributed by atoms with Crippen LogP contribution < -0.4 is 0 Å². The van der Waals surface area contributed by atoms with Gasteiger partial charge in [0.25, 0.3) is 0 Å². The van der Waals surface area contributed by atoms with Gasteiger partial charge in [-0.05, 0) is 55.5 Å². The molecule has 0 saturated carbocycles. The van der Waals surface area contributed by atoms with Crippen molar-refractivity contribution >= 4 is 24.0 Å². The van der Waals surface area contributed by atoms with Crippen molar-refractivity contribution in [1.29, 1.82) is 0 Å². The lowest BCUT2D eigenvalue weighted by atomic mass is 9.87. The van der Waals surface area contributed by atoms with Gasteiger partial charge in [0.05, 0.1) is 19.2 Å². The van der Waals surface area contributed by atoms with Gasteiger partial charge in [0.1, 0.15) is 11.6 Å². The fraction of sp³-hybridized carbons (Fsp3) is 0.433. The summed E-state index contributed by atoms with van der Waals surface area (Å²) in [7, 11) is 1.17. The topological polar surface area (TPSA) is 76.2 Å². The maximum atomic E-state index is 14.1. The predicted molar refractivity (Wildman–Crippen MR) is 145 cm³/mol. The highest BCUT2D eigenvalue weighted by Gasteiger charge is 2.39. The Morgan fingerprint density at radius 2 is 1.68 bits per heavy atom. The number of piperazine rings is 1. The number of alkyl halides is 3. The van der Waals surface area contributed by atoms with Crippen LogP contribution in [0.3, 0.4) is 0 Å². The van der Waals surface area contributed by atoms with E-state index >= 15 is 0 Å². The Labute approximate surface area is 232 Å². The summed E-state index contributed by atoms with van der Waals surface area (Å²) in [6, 6.07) is 9.62. The Morgan fingerprint density at radius 3 is 2.27 bits per heavy atom. The maximum absolute atomic E-state index is 14.1. The zero-order valence-electron chi connectivity index (χ0n) is 23.5. The molecule has 1 fully saturated rings. The Morgan fingerprint density at radius 1 is 1.00 bits per heavy atom. The molecule has 0 spiro atoms. The van der Waals surface area contributed by atoms with Crippen LogP contribution in [0.2, 0.25) is 0 Å². The lowest BCUT2D eigenvalue weighted by Crippen LogP contribution is -2.59. The number of carbonyl (C=O) groups excluding carboxylic acids is 3. The molecule has 1 saturated heterocycles. The minimum absolute atomic E-state index is 0.00775. The van der Waals surface area contributed by atoms with Crippen molar-refractivity contribution in [1.82, 2.24) is 9.80 Å². The Hall–Kier alpha value is -3.82. The van der Waals surface area contributed by atoms with Gasteiger partial charge in [-0.25, -0.2) is 9.59 Å². The normalized spacial score (nSPS) is 16.4. The molecule has 0 bridgehead atoms. The van der Waals surface area contributed by atoms with E-state index in [-0.39, 0.29) is 36.7 Å². The summed E-state index contributed by atoms with van der Waals surface area (Å²) in [4.78, 5) is 41.0. The van der Waals surface area contributed by atoms with Crippen molar-refractivity contribution in [3.63, 3.8) is 0 Å². The van der Waals surface area contributed by atoms with Gasteiger partial charge in [0.2, 0.25) is 5.91 Å². The molecule has 1 atom stereocenters. The number of hydrogen-bond acceptors (Lipinski definition) is 5. The molecule has 0 aliphatic carbocycles. The van der Waals surface area contributed by atoms with E-state index in [0.717, 1.165) is 17.7 Å². The molecule has 0 N–H and O–H groups in total. The zero-order valence-corrected chi connectivity index (χ0v) is 23.5. The number of methoxy groups -OCH3 is 1. The molecular weight excluding hydrogens is 525 g/mol. The average Bonchev–Trinajstić information content (AvgIpc) is 2.89. The molecule has 7 nitrogen and oxygen atoms in total. The van der Waals surface area contributed by atoms with E-state index in [2.05, 4.69) is 0 Å². The average molecular weight is 561 g/mol. The van der Waals surface area contributed by atoms with Gasteiger partial charge in [0, 0.05) is 24.7 Å². The highest BCUT2D eigenvalue weighted by molar-refractivity contribution is 5.96. The molecule has 2 amide bonds. The first kappa shape index (κ1) is 30.7. The first-order chi connectivity index (χ1) is 18.6. The number of carbonyl (C=O) groups is 3. The van der Waals surface area contributed by atoms with E-state index in [1.54, 1.807) is 45.0 Å². The van der Waals surface area contributed by atoms with Gasteiger partial charge in [-0.15, -0.1) is 0 Å². The van der Waals surface area contributed by atoms with Crippen LogP contribution in [0.1, 0.15) is 57.2 Å². The lowest BCUT2D eigenvalue weighted by Gasteiger charge is -2.39. The minimum Gasteiger partial charge on any atom is -0.467 e. The van der Waals surface area contributed by atoms with Crippen LogP contribution in [0.25, 0.3) is 17.2 Å². The molecular formula is C30H35F3N2O5. The van der Waals surface area contributed by atoms with E-state index in [1.807, 2.05) is 13.8 Å². The minimum atomic E-state index is -4.62. The van der Waals surface area contributed by atoms with Crippen molar-refractivity contribution in [3.8, 4) is 11.1 Å². The van der Waals surface area contributed by atoms with Crippen LogP contribution in [0.4, 0.5) is 18.0 Å². The van der Waals surface area contributed by atoms with Crippen molar-refractivity contribution < 1.29 is 37.0 Å². The third-order valence-corrected chi connectivity index (χ3v) is 6.45. The summed E-state index contributed by atoms with van der Waals surface area (Å²) in [5.41, 5.74) is -0.209.